The first-order valence-corrected chi connectivity index (χ1v) is 11.5. The summed E-state index contributed by atoms with van der Waals surface area (Å²) in [6.45, 7) is 2.67. The molecule has 1 aromatic heterocycles. The molecule has 1 aliphatic heterocycles. The first-order chi connectivity index (χ1) is 15.5. The summed E-state index contributed by atoms with van der Waals surface area (Å²) in [5.41, 5.74) is 1.91. The van der Waals surface area contributed by atoms with Crippen LogP contribution in [0.3, 0.4) is 0 Å². The molecule has 0 aliphatic carbocycles. The SMILES string of the molecule is COc1ccccc1CN(C)C(=O)C1CCCN(Cc2nc(-c3ccc(Br)cc3)no2)C1. The van der Waals surface area contributed by atoms with Crippen molar-refractivity contribution in [1.82, 2.24) is 19.9 Å². The van der Waals surface area contributed by atoms with Crippen molar-refractivity contribution in [1.29, 1.82) is 0 Å². The number of carbonyl (C=O) groups excluding carboxylic acids is 1. The fourth-order valence-corrected chi connectivity index (χ4v) is 4.37. The zero-order valence-electron chi connectivity index (χ0n) is 18.3. The smallest absolute Gasteiger partial charge is 0.241 e. The highest BCUT2D eigenvalue weighted by Gasteiger charge is 2.29. The van der Waals surface area contributed by atoms with Gasteiger partial charge in [-0.25, -0.2) is 0 Å². The van der Waals surface area contributed by atoms with Crippen molar-refractivity contribution >= 4 is 21.8 Å². The van der Waals surface area contributed by atoms with E-state index in [1.165, 1.54) is 0 Å². The number of benzene rings is 2. The third-order valence-corrected chi connectivity index (χ3v) is 6.29. The summed E-state index contributed by atoms with van der Waals surface area (Å²) in [6, 6.07) is 15.6. The fraction of sp³-hybridized carbons (Fsp3) is 0.375. The molecule has 168 valence electrons. The van der Waals surface area contributed by atoms with Crippen molar-refractivity contribution < 1.29 is 14.1 Å². The highest BCUT2D eigenvalue weighted by atomic mass is 79.9. The number of ether oxygens (including phenoxy) is 1. The van der Waals surface area contributed by atoms with Crippen LogP contribution in [0.25, 0.3) is 11.4 Å². The van der Waals surface area contributed by atoms with Gasteiger partial charge in [0.2, 0.25) is 17.6 Å². The van der Waals surface area contributed by atoms with Gasteiger partial charge in [-0.3, -0.25) is 9.69 Å². The molecule has 2 heterocycles. The van der Waals surface area contributed by atoms with Crippen molar-refractivity contribution in [2.45, 2.75) is 25.9 Å². The summed E-state index contributed by atoms with van der Waals surface area (Å²) in [5, 5.41) is 4.11. The summed E-state index contributed by atoms with van der Waals surface area (Å²) < 4.78 is 11.9. The highest BCUT2D eigenvalue weighted by Crippen LogP contribution is 2.24. The van der Waals surface area contributed by atoms with Crippen molar-refractivity contribution in [3.8, 4) is 17.1 Å². The number of methoxy groups -OCH3 is 1. The van der Waals surface area contributed by atoms with E-state index < -0.39 is 0 Å². The van der Waals surface area contributed by atoms with Gasteiger partial charge in [0, 0.05) is 35.7 Å². The van der Waals surface area contributed by atoms with Gasteiger partial charge in [0.1, 0.15) is 5.75 Å². The molecule has 7 nitrogen and oxygen atoms in total. The standard InChI is InChI=1S/C24H27BrN4O3/c1-28(14-18-6-3-4-8-21(18)31-2)24(30)19-7-5-13-29(15-19)16-22-26-23(27-32-22)17-9-11-20(25)12-10-17/h3-4,6,8-12,19H,5,7,13-16H2,1-2H3. The molecule has 1 fully saturated rings. The zero-order valence-corrected chi connectivity index (χ0v) is 19.9. The van der Waals surface area contributed by atoms with Gasteiger partial charge in [-0.2, -0.15) is 4.98 Å². The third-order valence-electron chi connectivity index (χ3n) is 5.76. The first kappa shape index (κ1) is 22.5. The van der Waals surface area contributed by atoms with Crippen LogP contribution >= 0.6 is 15.9 Å². The Morgan fingerprint density at radius 1 is 1.25 bits per heavy atom. The molecule has 1 atom stereocenters. The summed E-state index contributed by atoms with van der Waals surface area (Å²) in [4.78, 5) is 21.7. The van der Waals surface area contributed by atoms with Crippen LogP contribution in [0.1, 0.15) is 24.3 Å². The molecule has 3 aromatic rings. The van der Waals surface area contributed by atoms with E-state index in [1.807, 2.05) is 55.6 Å². The van der Waals surface area contributed by atoms with Gasteiger partial charge < -0.3 is 14.2 Å². The first-order valence-electron chi connectivity index (χ1n) is 10.7. The van der Waals surface area contributed by atoms with E-state index in [0.29, 0.717) is 31.3 Å². The predicted octanol–water partition coefficient (Wildman–Crippen LogP) is 4.38. The molecule has 0 saturated carbocycles. The van der Waals surface area contributed by atoms with Crippen molar-refractivity contribution in [2.75, 3.05) is 27.2 Å². The molecular formula is C24H27BrN4O3. The average molecular weight is 499 g/mol. The number of amides is 1. The lowest BCUT2D eigenvalue weighted by atomic mass is 9.96. The number of para-hydroxylation sites is 1. The van der Waals surface area contributed by atoms with Gasteiger partial charge in [0.25, 0.3) is 0 Å². The van der Waals surface area contributed by atoms with E-state index in [2.05, 4.69) is 31.0 Å². The lowest BCUT2D eigenvalue weighted by molar-refractivity contribution is -0.136. The van der Waals surface area contributed by atoms with E-state index >= 15 is 0 Å². The van der Waals surface area contributed by atoms with Gasteiger partial charge in [0.05, 0.1) is 19.6 Å². The Morgan fingerprint density at radius 3 is 2.81 bits per heavy atom. The predicted molar refractivity (Wildman–Crippen MR) is 125 cm³/mol. The Bertz CT molecular complexity index is 1050. The number of likely N-dealkylation sites (tertiary alicyclic amines) is 1. The number of piperidine rings is 1. The maximum Gasteiger partial charge on any atom is 0.241 e. The van der Waals surface area contributed by atoms with E-state index in [1.54, 1.807) is 12.0 Å². The minimum Gasteiger partial charge on any atom is -0.496 e. The van der Waals surface area contributed by atoms with Crippen LogP contribution in [0, 0.1) is 5.92 Å². The largest absolute Gasteiger partial charge is 0.496 e. The Hall–Kier alpha value is -2.71. The number of hydrogen-bond acceptors (Lipinski definition) is 6. The Labute approximate surface area is 196 Å². The van der Waals surface area contributed by atoms with Crippen LogP contribution in [0.5, 0.6) is 5.75 Å². The second-order valence-corrected chi connectivity index (χ2v) is 9.01. The highest BCUT2D eigenvalue weighted by molar-refractivity contribution is 9.10. The van der Waals surface area contributed by atoms with Gasteiger partial charge in [-0.1, -0.05) is 39.3 Å². The molecule has 0 spiro atoms. The third kappa shape index (κ3) is 5.37. The second-order valence-electron chi connectivity index (χ2n) is 8.10. The topological polar surface area (TPSA) is 71.7 Å². The molecule has 4 rings (SSSR count). The molecule has 1 aliphatic rings. The number of carbonyl (C=O) groups is 1. The quantitative estimate of drug-likeness (QED) is 0.481. The van der Waals surface area contributed by atoms with Crippen LogP contribution < -0.4 is 4.74 Å². The van der Waals surface area contributed by atoms with Gasteiger partial charge in [-0.05, 0) is 49.7 Å². The normalized spacial score (nSPS) is 16.7. The van der Waals surface area contributed by atoms with Crippen molar-refractivity contribution in [3.63, 3.8) is 0 Å². The molecule has 0 N–H and O–H groups in total. The van der Waals surface area contributed by atoms with Gasteiger partial charge in [-0.15, -0.1) is 0 Å². The Kier molecular flexibility index (Phi) is 7.22. The molecule has 2 aromatic carbocycles. The number of rotatable bonds is 7. The van der Waals surface area contributed by atoms with Crippen LogP contribution in [-0.4, -0.2) is 53.1 Å². The van der Waals surface area contributed by atoms with Crippen LogP contribution in [0.15, 0.2) is 57.5 Å². The lowest BCUT2D eigenvalue weighted by Gasteiger charge is -2.33. The molecule has 0 radical (unpaired) electrons. The van der Waals surface area contributed by atoms with E-state index in [9.17, 15) is 4.79 Å². The van der Waals surface area contributed by atoms with E-state index in [-0.39, 0.29) is 11.8 Å². The molecule has 1 saturated heterocycles. The number of hydrogen-bond donors (Lipinski definition) is 0. The Balaban J connectivity index is 1.36. The fourth-order valence-electron chi connectivity index (χ4n) is 4.11. The number of halogens is 1. The van der Waals surface area contributed by atoms with Crippen molar-refractivity contribution in [3.05, 3.63) is 64.5 Å². The van der Waals surface area contributed by atoms with Crippen molar-refractivity contribution in [2.24, 2.45) is 5.92 Å². The van der Waals surface area contributed by atoms with E-state index in [0.717, 1.165) is 40.7 Å². The molecule has 0 bridgehead atoms. The summed E-state index contributed by atoms with van der Waals surface area (Å²) in [5.74, 6) is 2.06. The van der Waals surface area contributed by atoms with E-state index in [4.69, 9.17) is 9.26 Å². The maximum atomic E-state index is 13.1. The van der Waals surface area contributed by atoms with Crippen LogP contribution in [-0.2, 0) is 17.9 Å². The summed E-state index contributed by atoms with van der Waals surface area (Å²) in [7, 11) is 3.51. The molecule has 32 heavy (non-hydrogen) atoms. The number of aromatic nitrogens is 2. The Morgan fingerprint density at radius 2 is 2.03 bits per heavy atom. The maximum absolute atomic E-state index is 13.1. The second kappa shape index (κ2) is 10.3. The summed E-state index contributed by atoms with van der Waals surface area (Å²) >= 11 is 3.43. The zero-order chi connectivity index (χ0) is 22.5. The molecule has 1 unspecified atom stereocenters. The monoisotopic (exact) mass is 498 g/mol. The van der Waals surface area contributed by atoms with Gasteiger partial charge in [0.15, 0.2) is 0 Å². The lowest BCUT2D eigenvalue weighted by Crippen LogP contribution is -2.43. The minimum absolute atomic E-state index is 0.0441. The average Bonchev–Trinajstić information content (AvgIpc) is 3.28. The van der Waals surface area contributed by atoms with Crippen LogP contribution in [0.2, 0.25) is 0 Å². The number of nitrogens with zero attached hydrogens (tertiary/aromatic N) is 4. The van der Waals surface area contributed by atoms with Crippen LogP contribution in [0.4, 0.5) is 0 Å². The van der Waals surface area contributed by atoms with Gasteiger partial charge >= 0.3 is 0 Å². The molecule has 1 amide bonds. The molecule has 8 heteroatoms. The summed E-state index contributed by atoms with van der Waals surface area (Å²) in [6.07, 6.45) is 1.85. The molecular weight excluding hydrogens is 472 g/mol. The minimum atomic E-state index is -0.0441.